The highest BCUT2D eigenvalue weighted by molar-refractivity contribution is 7.98. The van der Waals surface area contributed by atoms with E-state index < -0.39 is 0 Å². The van der Waals surface area contributed by atoms with Crippen molar-refractivity contribution in [3.63, 3.8) is 0 Å². The number of aryl methyl sites for hydroxylation is 1. The molecular formula is C28H22N2OS2. The highest BCUT2D eigenvalue weighted by atomic mass is 32.2. The summed E-state index contributed by atoms with van der Waals surface area (Å²) in [5, 5.41) is 0. The first-order valence-electron chi connectivity index (χ1n) is 11.0. The molecule has 6 rings (SSSR count). The Kier molecular flexibility index (Phi) is 5.16. The summed E-state index contributed by atoms with van der Waals surface area (Å²) in [5.41, 5.74) is 7.02. The molecule has 2 aliphatic rings. The highest BCUT2D eigenvalue weighted by Crippen LogP contribution is 2.41. The van der Waals surface area contributed by atoms with Gasteiger partial charge in [0.25, 0.3) is 5.56 Å². The Labute approximate surface area is 200 Å². The van der Waals surface area contributed by atoms with Crippen LogP contribution in [0.5, 0.6) is 0 Å². The lowest BCUT2D eigenvalue weighted by atomic mass is 9.83. The molecule has 33 heavy (non-hydrogen) atoms. The highest BCUT2D eigenvalue weighted by Gasteiger charge is 2.32. The van der Waals surface area contributed by atoms with E-state index in [2.05, 4.69) is 79.1 Å². The van der Waals surface area contributed by atoms with Gasteiger partial charge in [0.2, 0.25) is 0 Å². The van der Waals surface area contributed by atoms with Crippen LogP contribution in [0.2, 0.25) is 0 Å². The number of aromatic nitrogens is 1. The molecule has 0 N–H and O–H groups in total. The lowest BCUT2D eigenvalue weighted by Gasteiger charge is -2.30. The van der Waals surface area contributed by atoms with Crippen LogP contribution in [-0.2, 0) is 6.42 Å². The molecule has 0 radical (unpaired) electrons. The molecule has 3 nitrogen and oxygen atoms in total. The van der Waals surface area contributed by atoms with Gasteiger partial charge in [-0.25, -0.2) is 4.99 Å². The number of benzene rings is 3. The van der Waals surface area contributed by atoms with Gasteiger partial charge in [0.05, 0.1) is 16.3 Å². The number of nitrogens with zero attached hydrogens (tertiary/aromatic N) is 2. The van der Waals surface area contributed by atoms with E-state index in [1.54, 1.807) is 11.8 Å². The molecule has 4 aromatic rings. The van der Waals surface area contributed by atoms with Gasteiger partial charge >= 0.3 is 0 Å². The third kappa shape index (κ3) is 3.52. The first-order chi connectivity index (χ1) is 16.2. The lowest BCUT2D eigenvalue weighted by molar-refractivity contribution is 0.585. The van der Waals surface area contributed by atoms with Crippen molar-refractivity contribution in [2.24, 2.45) is 4.99 Å². The van der Waals surface area contributed by atoms with Gasteiger partial charge in [0.1, 0.15) is 0 Å². The largest absolute Gasteiger partial charge is 0.272 e. The van der Waals surface area contributed by atoms with Crippen molar-refractivity contribution in [1.82, 2.24) is 4.57 Å². The smallest absolute Gasteiger partial charge is 0.271 e. The Bertz CT molecular complexity index is 1560. The van der Waals surface area contributed by atoms with Crippen molar-refractivity contribution in [1.29, 1.82) is 0 Å². The minimum absolute atomic E-state index is 0.0342. The number of fused-ring (bicyclic) bond motifs is 3. The van der Waals surface area contributed by atoms with Gasteiger partial charge in [0.15, 0.2) is 4.80 Å². The maximum atomic E-state index is 13.7. The molecule has 0 amide bonds. The molecule has 0 unspecified atom stereocenters. The molecular weight excluding hydrogens is 444 g/mol. The van der Waals surface area contributed by atoms with E-state index in [-0.39, 0.29) is 11.6 Å². The van der Waals surface area contributed by atoms with Gasteiger partial charge < -0.3 is 0 Å². The Balaban J connectivity index is 1.59. The van der Waals surface area contributed by atoms with Crippen molar-refractivity contribution in [2.45, 2.75) is 23.8 Å². The maximum Gasteiger partial charge on any atom is 0.271 e. The van der Waals surface area contributed by atoms with Crippen LogP contribution in [0.3, 0.4) is 0 Å². The van der Waals surface area contributed by atoms with Gasteiger partial charge in [-0.15, -0.1) is 11.8 Å². The SMILES string of the molecule is CSc1ccc(/C=c2\sc3n(c2=O)[C@H](c2ccccc2)C2=C(N=3)c3ccccc3CC2)cc1. The van der Waals surface area contributed by atoms with Crippen molar-refractivity contribution in [3.8, 4) is 0 Å². The van der Waals surface area contributed by atoms with Crippen LogP contribution in [0.15, 0.2) is 99.1 Å². The van der Waals surface area contributed by atoms with Gasteiger partial charge in [-0.05, 0) is 59.6 Å². The van der Waals surface area contributed by atoms with E-state index >= 15 is 0 Å². The fourth-order valence-corrected chi connectivity index (χ4v) is 6.22. The standard InChI is InChI=1S/C28H22N2OS2/c1-32-21-14-11-18(12-15-21)17-24-27(31)30-26(20-8-3-2-4-9-20)23-16-13-19-7-5-6-10-22(19)25(23)29-28(30)33-24/h2-12,14-15,17,26H,13,16H2,1H3/b24-17-/t26-/m1/s1. The fourth-order valence-electron chi connectivity index (χ4n) is 4.81. The predicted molar refractivity (Wildman–Crippen MR) is 137 cm³/mol. The molecule has 0 saturated carbocycles. The van der Waals surface area contributed by atoms with Gasteiger partial charge in [-0.3, -0.25) is 9.36 Å². The molecule has 2 heterocycles. The van der Waals surface area contributed by atoms with Gasteiger partial charge in [-0.1, -0.05) is 78.1 Å². The van der Waals surface area contributed by atoms with Crippen LogP contribution in [0.4, 0.5) is 0 Å². The summed E-state index contributed by atoms with van der Waals surface area (Å²) in [7, 11) is 0. The lowest BCUT2D eigenvalue weighted by Crippen LogP contribution is -2.38. The predicted octanol–water partition coefficient (Wildman–Crippen LogP) is 5.04. The Morgan fingerprint density at radius 2 is 1.73 bits per heavy atom. The van der Waals surface area contributed by atoms with Crippen LogP contribution in [-0.4, -0.2) is 10.8 Å². The molecule has 1 atom stereocenters. The van der Waals surface area contributed by atoms with Crippen molar-refractivity contribution < 1.29 is 0 Å². The second kappa shape index (κ2) is 8.32. The average molecular weight is 467 g/mol. The number of thioether (sulfide) groups is 1. The second-order valence-corrected chi connectivity index (χ2v) is 10.2. The molecule has 0 bridgehead atoms. The average Bonchev–Trinajstić information content (AvgIpc) is 3.18. The summed E-state index contributed by atoms with van der Waals surface area (Å²) in [6, 6.07) is 27.1. The van der Waals surface area contributed by atoms with E-state index in [1.807, 2.05) is 16.7 Å². The Hall–Kier alpha value is -3.15. The zero-order valence-corrected chi connectivity index (χ0v) is 19.8. The summed E-state index contributed by atoms with van der Waals surface area (Å²) in [6.45, 7) is 0. The molecule has 0 saturated heterocycles. The first-order valence-corrected chi connectivity index (χ1v) is 13.1. The number of hydrogen-bond acceptors (Lipinski definition) is 4. The number of hydrogen-bond donors (Lipinski definition) is 0. The zero-order valence-electron chi connectivity index (χ0n) is 18.2. The van der Waals surface area contributed by atoms with E-state index in [1.165, 1.54) is 32.9 Å². The molecule has 0 spiro atoms. The van der Waals surface area contributed by atoms with Crippen molar-refractivity contribution >= 4 is 34.9 Å². The summed E-state index contributed by atoms with van der Waals surface area (Å²) >= 11 is 3.20. The monoisotopic (exact) mass is 466 g/mol. The molecule has 162 valence electrons. The molecule has 3 aromatic carbocycles. The van der Waals surface area contributed by atoms with Gasteiger partial charge in [0, 0.05) is 10.5 Å². The fraction of sp³-hybridized carbons (Fsp3) is 0.143. The molecule has 0 fully saturated rings. The Morgan fingerprint density at radius 3 is 2.52 bits per heavy atom. The number of rotatable bonds is 3. The minimum Gasteiger partial charge on any atom is -0.272 e. The Morgan fingerprint density at radius 1 is 0.970 bits per heavy atom. The van der Waals surface area contributed by atoms with Gasteiger partial charge in [-0.2, -0.15) is 0 Å². The normalized spacial score (nSPS) is 17.2. The van der Waals surface area contributed by atoms with Crippen molar-refractivity contribution in [3.05, 3.63) is 126 Å². The van der Waals surface area contributed by atoms with Crippen LogP contribution in [0.25, 0.3) is 11.8 Å². The quantitative estimate of drug-likeness (QED) is 0.397. The molecule has 1 aliphatic carbocycles. The molecule has 1 aliphatic heterocycles. The first kappa shape index (κ1) is 20.5. The topological polar surface area (TPSA) is 34.4 Å². The van der Waals surface area contributed by atoms with Crippen LogP contribution in [0, 0.1) is 0 Å². The minimum atomic E-state index is -0.119. The maximum absolute atomic E-state index is 13.7. The third-order valence-electron chi connectivity index (χ3n) is 6.40. The second-order valence-electron chi connectivity index (χ2n) is 8.30. The van der Waals surface area contributed by atoms with Crippen LogP contribution < -0.4 is 14.9 Å². The zero-order chi connectivity index (χ0) is 22.4. The third-order valence-corrected chi connectivity index (χ3v) is 8.13. The molecule has 1 aromatic heterocycles. The number of allylic oxidation sites excluding steroid dienone is 1. The van der Waals surface area contributed by atoms with E-state index in [0.717, 1.165) is 39.0 Å². The van der Waals surface area contributed by atoms with Crippen LogP contribution in [0.1, 0.15) is 34.7 Å². The summed E-state index contributed by atoms with van der Waals surface area (Å²) in [5.74, 6) is 0. The van der Waals surface area contributed by atoms with Crippen molar-refractivity contribution in [2.75, 3.05) is 6.26 Å². The summed E-state index contributed by atoms with van der Waals surface area (Å²) in [4.78, 5) is 20.8. The van der Waals surface area contributed by atoms with E-state index in [0.29, 0.717) is 0 Å². The van der Waals surface area contributed by atoms with E-state index in [4.69, 9.17) is 4.99 Å². The van der Waals surface area contributed by atoms with Crippen LogP contribution >= 0.6 is 23.1 Å². The molecule has 5 heteroatoms. The van der Waals surface area contributed by atoms with E-state index in [9.17, 15) is 4.79 Å². The summed E-state index contributed by atoms with van der Waals surface area (Å²) in [6.07, 6.45) is 5.94. The number of thiazole rings is 1. The summed E-state index contributed by atoms with van der Waals surface area (Å²) < 4.78 is 2.63.